The second-order valence-corrected chi connectivity index (χ2v) is 6.16. The Kier molecular flexibility index (Phi) is 4.67. The molecule has 0 heteroatoms. The van der Waals surface area contributed by atoms with Crippen LogP contribution in [0.3, 0.4) is 0 Å². The van der Waals surface area contributed by atoms with Gasteiger partial charge in [0.2, 0.25) is 0 Å². The van der Waals surface area contributed by atoms with E-state index in [9.17, 15) is 0 Å². The van der Waals surface area contributed by atoms with Gasteiger partial charge in [0.05, 0.1) is 0 Å². The van der Waals surface area contributed by atoms with Crippen molar-refractivity contribution in [3.05, 3.63) is 76.9 Å². The molecule has 0 N–H and O–H groups in total. The Bertz CT molecular complexity index is 621. The maximum Gasteiger partial charge on any atom is -0.0121 e. The average molecular weight is 278 g/mol. The maximum absolute atomic E-state index is 4.35. The monoisotopic (exact) mass is 278 g/mol. The Morgan fingerprint density at radius 3 is 2.19 bits per heavy atom. The van der Waals surface area contributed by atoms with Crippen LogP contribution in [0.1, 0.15) is 38.8 Å². The van der Waals surface area contributed by atoms with Crippen molar-refractivity contribution in [3.8, 4) is 0 Å². The Morgan fingerprint density at radius 1 is 1.00 bits per heavy atom. The van der Waals surface area contributed by atoms with Gasteiger partial charge in [-0.25, -0.2) is 0 Å². The summed E-state index contributed by atoms with van der Waals surface area (Å²) in [5.74, 6) is 1.12. The summed E-state index contributed by atoms with van der Waals surface area (Å²) in [6.45, 7) is 15.4. The fourth-order valence-electron chi connectivity index (χ4n) is 2.95. The lowest BCUT2D eigenvalue weighted by atomic mass is 9.75. The Hall–Kier alpha value is -1.82. The Balaban J connectivity index is 2.37. The molecule has 0 spiro atoms. The summed E-state index contributed by atoms with van der Waals surface area (Å²) in [5.41, 5.74) is 7.76. The van der Waals surface area contributed by atoms with Gasteiger partial charge in [0.1, 0.15) is 0 Å². The second kappa shape index (κ2) is 6.30. The highest BCUT2D eigenvalue weighted by Crippen LogP contribution is 2.38. The molecule has 0 amide bonds. The lowest BCUT2D eigenvalue weighted by Gasteiger charge is -2.29. The van der Waals surface area contributed by atoms with Crippen molar-refractivity contribution < 1.29 is 0 Å². The highest BCUT2D eigenvalue weighted by atomic mass is 14.3. The van der Waals surface area contributed by atoms with Crippen molar-refractivity contribution in [2.24, 2.45) is 11.8 Å². The summed E-state index contributed by atoms with van der Waals surface area (Å²) >= 11 is 0. The SMILES string of the molecule is C=C(C(=CC)C1=CC=C(C)C(C)C1C)c1ccc(C)cc1. The van der Waals surface area contributed by atoms with Gasteiger partial charge in [0, 0.05) is 0 Å². The topological polar surface area (TPSA) is 0 Å². The van der Waals surface area contributed by atoms with Crippen molar-refractivity contribution in [1.82, 2.24) is 0 Å². The number of rotatable bonds is 3. The van der Waals surface area contributed by atoms with Crippen LogP contribution < -0.4 is 0 Å². The fourth-order valence-corrected chi connectivity index (χ4v) is 2.95. The minimum absolute atomic E-state index is 0.531. The highest BCUT2D eigenvalue weighted by molar-refractivity contribution is 5.82. The van der Waals surface area contributed by atoms with Gasteiger partial charge < -0.3 is 0 Å². The molecular formula is C21H26. The van der Waals surface area contributed by atoms with E-state index in [0.29, 0.717) is 11.8 Å². The molecule has 0 aliphatic heterocycles. The molecule has 2 rings (SSSR count). The molecule has 0 radical (unpaired) electrons. The van der Waals surface area contributed by atoms with Gasteiger partial charge in [-0.3, -0.25) is 0 Å². The largest absolute Gasteiger partial charge is 0.0906 e. The van der Waals surface area contributed by atoms with Crippen molar-refractivity contribution >= 4 is 5.57 Å². The standard InChI is InChI=1S/C21H26/c1-7-20(18(6)19-11-8-14(2)9-12-19)21-13-10-15(3)16(4)17(21)5/h7-13,16-17H,6H2,1-5H3. The van der Waals surface area contributed by atoms with E-state index in [0.717, 1.165) is 5.57 Å². The molecule has 0 nitrogen and oxygen atoms in total. The zero-order valence-corrected chi connectivity index (χ0v) is 13.9. The van der Waals surface area contributed by atoms with Crippen LogP contribution in [-0.2, 0) is 0 Å². The summed E-state index contributed by atoms with van der Waals surface area (Å²) < 4.78 is 0. The van der Waals surface area contributed by atoms with Crippen LogP contribution in [0.25, 0.3) is 5.57 Å². The van der Waals surface area contributed by atoms with Crippen molar-refractivity contribution in [2.75, 3.05) is 0 Å². The third-order valence-corrected chi connectivity index (χ3v) is 4.81. The number of benzene rings is 1. The van der Waals surface area contributed by atoms with E-state index in [1.54, 1.807) is 0 Å². The van der Waals surface area contributed by atoms with Crippen LogP contribution in [0, 0.1) is 18.8 Å². The maximum atomic E-state index is 4.35. The van der Waals surface area contributed by atoms with Crippen LogP contribution in [0.2, 0.25) is 0 Å². The molecule has 0 saturated heterocycles. The summed E-state index contributed by atoms with van der Waals surface area (Å²) in [6, 6.07) is 8.64. The van der Waals surface area contributed by atoms with Crippen LogP contribution in [-0.4, -0.2) is 0 Å². The number of allylic oxidation sites excluding steroid dienone is 7. The zero-order valence-electron chi connectivity index (χ0n) is 13.9. The molecule has 0 fully saturated rings. The third-order valence-electron chi connectivity index (χ3n) is 4.81. The van der Waals surface area contributed by atoms with Gasteiger partial charge in [-0.2, -0.15) is 0 Å². The Morgan fingerprint density at radius 2 is 1.62 bits per heavy atom. The predicted molar refractivity (Wildman–Crippen MR) is 94.1 cm³/mol. The van der Waals surface area contributed by atoms with Gasteiger partial charge in [0.25, 0.3) is 0 Å². The number of hydrogen-bond acceptors (Lipinski definition) is 0. The Labute approximate surface area is 129 Å². The first-order chi connectivity index (χ1) is 9.95. The smallest absolute Gasteiger partial charge is 0.0121 e. The molecular weight excluding hydrogens is 252 g/mol. The molecule has 110 valence electrons. The molecule has 0 heterocycles. The first-order valence-electron chi connectivity index (χ1n) is 7.77. The summed E-state index contributed by atoms with van der Waals surface area (Å²) in [4.78, 5) is 0. The van der Waals surface area contributed by atoms with E-state index in [1.165, 1.54) is 27.8 Å². The molecule has 0 bridgehead atoms. The first kappa shape index (κ1) is 15.6. The van der Waals surface area contributed by atoms with Crippen molar-refractivity contribution in [2.45, 2.75) is 34.6 Å². The quantitative estimate of drug-likeness (QED) is 0.585. The van der Waals surface area contributed by atoms with Crippen molar-refractivity contribution in [1.29, 1.82) is 0 Å². The minimum atomic E-state index is 0.531. The van der Waals surface area contributed by atoms with E-state index in [4.69, 9.17) is 0 Å². The molecule has 1 aliphatic carbocycles. The molecule has 2 atom stereocenters. The average Bonchev–Trinajstić information content (AvgIpc) is 2.48. The van der Waals surface area contributed by atoms with Crippen LogP contribution in [0.15, 0.2) is 65.8 Å². The molecule has 1 aromatic carbocycles. The summed E-state index contributed by atoms with van der Waals surface area (Å²) in [7, 11) is 0. The van der Waals surface area contributed by atoms with Gasteiger partial charge in [0.15, 0.2) is 0 Å². The summed E-state index contributed by atoms with van der Waals surface area (Å²) in [5, 5.41) is 0. The van der Waals surface area contributed by atoms with Gasteiger partial charge in [-0.05, 0) is 54.9 Å². The molecule has 1 aliphatic rings. The van der Waals surface area contributed by atoms with Gasteiger partial charge in [-0.15, -0.1) is 0 Å². The number of hydrogen-bond donors (Lipinski definition) is 0. The van der Waals surface area contributed by atoms with Crippen LogP contribution >= 0.6 is 0 Å². The predicted octanol–water partition coefficient (Wildman–Crippen LogP) is 6.11. The number of aryl methyl sites for hydroxylation is 1. The molecule has 1 aromatic rings. The van der Waals surface area contributed by atoms with Crippen molar-refractivity contribution in [3.63, 3.8) is 0 Å². The highest BCUT2D eigenvalue weighted by Gasteiger charge is 2.24. The van der Waals surface area contributed by atoms with E-state index < -0.39 is 0 Å². The molecule has 0 aromatic heterocycles. The molecule has 21 heavy (non-hydrogen) atoms. The molecule has 0 saturated carbocycles. The normalized spacial score (nSPS) is 22.6. The zero-order chi connectivity index (χ0) is 15.6. The third kappa shape index (κ3) is 3.10. The van der Waals surface area contributed by atoms with Crippen LogP contribution in [0.5, 0.6) is 0 Å². The van der Waals surface area contributed by atoms with Gasteiger partial charge >= 0.3 is 0 Å². The first-order valence-corrected chi connectivity index (χ1v) is 7.77. The van der Waals surface area contributed by atoms with E-state index in [1.807, 2.05) is 0 Å². The van der Waals surface area contributed by atoms with Crippen LogP contribution in [0.4, 0.5) is 0 Å². The molecule has 2 unspecified atom stereocenters. The van der Waals surface area contributed by atoms with Gasteiger partial charge in [-0.1, -0.05) is 74.1 Å². The van der Waals surface area contributed by atoms with E-state index >= 15 is 0 Å². The minimum Gasteiger partial charge on any atom is -0.0906 e. The van der Waals surface area contributed by atoms with E-state index in [-0.39, 0.29) is 0 Å². The second-order valence-electron chi connectivity index (χ2n) is 6.16. The lowest BCUT2D eigenvalue weighted by molar-refractivity contribution is 0.502. The lowest BCUT2D eigenvalue weighted by Crippen LogP contribution is -2.17. The summed E-state index contributed by atoms with van der Waals surface area (Å²) in [6.07, 6.45) is 6.73. The van der Waals surface area contributed by atoms with E-state index in [2.05, 4.69) is 83.7 Å². The fraction of sp³-hybridized carbons (Fsp3) is 0.333.